The van der Waals surface area contributed by atoms with E-state index in [1.54, 1.807) is 6.92 Å². The Bertz CT molecular complexity index is 279. The van der Waals surface area contributed by atoms with Crippen molar-refractivity contribution in [2.75, 3.05) is 0 Å². The van der Waals surface area contributed by atoms with Crippen molar-refractivity contribution in [3.05, 3.63) is 11.8 Å². The number of thioether (sulfide) groups is 1. The highest BCUT2D eigenvalue weighted by Crippen LogP contribution is 2.36. The molecule has 0 unspecified atom stereocenters. The van der Waals surface area contributed by atoms with E-state index in [-0.39, 0.29) is 16.8 Å². The average Bonchev–Trinajstić information content (AvgIpc) is 2.06. The van der Waals surface area contributed by atoms with Gasteiger partial charge in [0.2, 0.25) is 0 Å². The normalized spacial score (nSPS) is 12.1. The predicted octanol–water partition coefficient (Wildman–Crippen LogP) is 2.34. The average molecular weight is 196 g/mol. The van der Waals surface area contributed by atoms with Crippen LogP contribution in [-0.2, 0) is 7.05 Å². The molecule has 0 fully saturated rings. The van der Waals surface area contributed by atoms with Gasteiger partial charge in [-0.25, -0.2) is 0 Å². The van der Waals surface area contributed by atoms with Crippen molar-refractivity contribution in [1.29, 1.82) is 0 Å². The Labute approximate surface area is 71.8 Å². The molecule has 1 rings (SSSR count). The van der Waals surface area contributed by atoms with Crippen LogP contribution in [-0.4, -0.2) is 15.3 Å². The summed E-state index contributed by atoms with van der Waals surface area (Å²) in [6, 6.07) is 1.40. The van der Waals surface area contributed by atoms with Crippen molar-refractivity contribution in [2.24, 2.45) is 7.05 Å². The molecule has 68 valence electrons. The molecule has 2 nitrogen and oxygen atoms in total. The highest BCUT2D eigenvalue weighted by atomic mass is 32.2. The molecule has 0 aliphatic rings. The SMILES string of the molecule is Cc1cc(SC(F)(F)F)n(C)n1. The first kappa shape index (κ1) is 9.44. The van der Waals surface area contributed by atoms with E-state index in [1.807, 2.05) is 0 Å². The summed E-state index contributed by atoms with van der Waals surface area (Å²) in [6.45, 7) is 1.65. The first-order valence-corrected chi connectivity index (χ1v) is 3.96. The van der Waals surface area contributed by atoms with Crippen LogP contribution in [0.15, 0.2) is 11.1 Å². The summed E-state index contributed by atoms with van der Waals surface area (Å²) in [4.78, 5) is 0. The second-order valence-electron chi connectivity index (χ2n) is 2.30. The highest BCUT2D eigenvalue weighted by molar-refractivity contribution is 8.00. The zero-order valence-corrected chi connectivity index (χ0v) is 7.33. The van der Waals surface area contributed by atoms with Crippen LogP contribution in [0.25, 0.3) is 0 Å². The third-order valence-corrected chi connectivity index (χ3v) is 2.00. The Morgan fingerprint density at radius 3 is 2.42 bits per heavy atom. The van der Waals surface area contributed by atoms with Crippen LogP contribution in [0.5, 0.6) is 0 Å². The van der Waals surface area contributed by atoms with Gasteiger partial charge in [0.05, 0.1) is 5.69 Å². The summed E-state index contributed by atoms with van der Waals surface area (Å²) in [7, 11) is 1.49. The molecule has 1 aromatic rings. The number of aryl methyl sites for hydroxylation is 2. The number of aromatic nitrogens is 2. The van der Waals surface area contributed by atoms with E-state index < -0.39 is 5.51 Å². The van der Waals surface area contributed by atoms with Crippen LogP contribution in [0.2, 0.25) is 0 Å². The molecule has 0 saturated heterocycles. The van der Waals surface area contributed by atoms with Gasteiger partial charge in [0, 0.05) is 18.8 Å². The van der Waals surface area contributed by atoms with Crippen LogP contribution in [0.4, 0.5) is 13.2 Å². The van der Waals surface area contributed by atoms with Gasteiger partial charge in [-0.15, -0.1) is 0 Å². The van der Waals surface area contributed by atoms with E-state index >= 15 is 0 Å². The second kappa shape index (κ2) is 3.01. The van der Waals surface area contributed by atoms with Gasteiger partial charge in [-0.05, 0) is 13.0 Å². The van der Waals surface area contributed by atoms with Crippen molar-refractivity contribution in [1.82, 2.24) is 9.78 Å². The lowest BCUT2D eigenvalue weighted by Crippen LogP contribution is -2.02. The van der Waals surface area contributed by atoms with E-state index in [1.165, 1.54) is 17.8 Å². The second-order valence-corrected chi connectivity index (χ2v) is 3.38. The minimum atomic E-state index is -4.24. The van der Waals surface area contributed by atoms with Gasteiger partial charge in [0.1, 0.15) is 5.03 Å². The molecule has 0 radical (unpaired) electrons. The minimum Gasteiger partial charge on any atom is -0.262 e. The number of nitrogens with zero attached hydrogens (tertiary/aromatic N) is 2. The van der Waals surface area contributed by atoms with Crippen LogP contribution in [0, 0.1) is 6.92 Å². The van der Waals surface area contributed by atoms with E-state index in [2.05, 4.69) is 5.10 Å². The molecule has 0 aliphatic heterocycles. The Balaban J connectivity index is 2.82. The molecule has 0 N–H and O–H groups in total. The van der Waals surface area contributed by atoms with Gasteiger partial charge >= 0.3 is 5.51 Å². The number of alkyl halides is 3. The number of hydrogen-bond acceptors (Lipinski definition) is 2. The largest absolute Gasteiger partial charge is 0.447 e. The lowest BCUT2D eigenvalue weighted by atomic mass is 10.5. The minimum absolute atomic E-state index is 0.111. The molecular formula is C6H7F3N2S. The summed E-state index contributed by atoms with van der Waals surface area (Å²) in [5.41, 5.74) is -3.65. The highest BCUT2D eigenvalue weighted by Gasteiger charge is 2.30. The molecule has 12 heavy (non-hydrogen) atoms. The van der Waals surface area contributed by atoms with E-state index in [0.717, 1.165) is 0 Å². The Kier molecular flexibility index (Phi) is 2.36. The molecule has 0 saturated carbocycles. The van der Waals surface area contributed by atoms with Crippen LogP contribution in [0.3, 0.4) is 0 Å². The Morgan fingerprint density at radius 1 is 1.50 bits per heavy atom. The molecule has 0 atom stereocenters. The summed E-state index contributed by atoms with van der Waals surface area (Å²) in [6.07, 6.45) is 0. The standard InChI is InChI=1S/C6H7F3N2S/c1-4-3-5(11(2)10-4)12-6(7,8)9/h3H,1-2H3. The fraction of sp³-hybridized carbons (Fsp3) is 0.500. The van der Waals surface area contributed by atoms with E-state index in [4.69, 9.17) is 0 Å². The topological polar surface area (TPSA) is 17.8 Å². The van der Waals surface area contributed by atoms with Gasteiger partial charge in [-0.2, -0.15) is 18.3 Å². The van der Waals surface area contributed by atoms with Crippen LogP contribution in [0.1, 0.15) is 5.69 Å². The number of halogens is 3. The van der Waals surface area contributed by atoms with Gasteiger partial charge in [0.15, 0.2) is 0 Å². The molecule has 0 amide bonds. The van der Waals surface area contributed by atoms with Crippen molar-refractivity contribution in [2.45, 2.75) is 17.5 Å². The van der Waals surface area contributed by atoms with Crippen molar-refractivity contribution >= 4 is 11.8 Å². The summed E-state index contributed by atoms with van der Waals surface area (Å²) in [5.74, 6) is 0. The molecule has 6 heteroatoms. The summed E-state index contributed by atoms with van der Waals surface area (Å²) < 4.78 is 36.8. The Hall–Kier alpha value is -0.650. The maximum absolute atomic E-state index is 11.9. The lowest BCUT2D eigenvalue weighted by Gasteiger charge is -2.04. The number of rotatable bonds is 1. The first-order chi connectivity index (χ1) is 5.38. The third kappa shape index (κ3) is 2.44. The first-order valence-electron chi connectivity index (χ1n) is 3.15. The van der Waals surface area contributed by atoms with Gasteiger partial charge in [-0.3, -0.25) is 4.68 Å². The fourth-order valence-electron chi connectivity index (χ4n) is 0.801. The van der Waals surface area contributed by atoms with Gasteiger partial charge < -0.3 is 0 Å². The van der Waals surface area contributed by atoms with Gasteiger partial charge in [-0.1, -0.05) is 0 Å². The molecule has 0 aromatic carbocycles. The maximum atomic E-state index is 11.9. The summed E-state index contributed by atoms with van der Waals surface area (Å²) in [5, 5.41) is 3.90. The molecule has 0 spiro atoms. The molecule has 1 heterocycles. The zero-order valence-electron chi connectivity index (χ0n) is 6.51. The summed E-state index contributed by atoms with van der Waals surface area (Å²) >= 11 is -0.151. The molecule has 1 aromatic heterocycles. The number of hydrogen-bond donors (Lipinski definition) is 0. The fourth-order valence-corrected chi connectivity index (χ4v) is 1.44. The third-order valence-electron chi connectivity index (χ3n) is 1.18. The van der Waals surface area contributed by atoms with Gasteiger partial charge in [0.25, 0.3) is 0 Å². The molecule has 0 aliphatic carbocycles. The quantitative estimate of drug-likeness (QED) is 0.641. The van der Waals surface area contributed by atoms with Crippen LogP contribution >= 0.6 is 11.8 Å². The van der Waals surface area contributed by atoms with Crippen molar-refractivity contribution < 1.29 is 13.2 Å². The smallest absolute Gasteiger partial charge is 0.262 e. The van der Waals surface area contributed by atoms with Crippen molar-refractivity contribution in [3.8, 4) is 0 Å². The van der Waals surface area contributed by atoms with E-state index in [9.17, 15) is 13.2 Å². The van der Waals surface area contributed by atoms with Crippen molar-refractivity contribution in [3.63, 3.8) is 0 Å². The predicted molar refractivity (Wildman–Crippen MR) is 39.9 cm³/mol. The van der Waals surface area contributed by atoms with E-state index in [0.29, 0.717) is 5.69 Å². The zero-order chi connectivity index (χ0) is 9.35. The monoisotopic (exact) mass is 196 g/mol. The lowest BCUT2D eigenvalue weighted by molar-refractivity contribution is -0.0330. The van der Waals surface area contributed by atoms with Crippen LogP contribution < -0.4 is 0 Å². The molecule has 0 bridgehead atoms. The molecular weight excluding hydrogens is 189 g/mol. The maximum Gasteiger partial charge on any atom is 0.447 e. The Morgan fingerprint density at radius 2 is 2.08 bits per heavy atom.